The van der Waals surface area contributed by atoms with Crippen molar-refractivity contribution in [2.24, 2.45) is 5.10 Å². The molecule has 1 aromatic carbocycles. The Labute approximate surface area is 153 Å². The van der Waals surface area contributed by atoms with Gasteiger partial charge in [0.2, 0.25) is 0 Å². The van der Waals surface area contributed by atoms with Crippen LogP contribution in [0.2, 0.25) is 0 Å². The third-order valence-corrected chi connectivity index (χ3v) is 4.68. The molecule has 0 saturated carbocycles. The van der Waals surface area contributed by atoms with Crippen molar-refractivity contribution in [3.63, 3.8) is 0 Å². The third-order valence-electron chi connectivity index (χ3n) is 4.68. The van der Waals surface area contributed by atoms with E-state index in [1.807, 2.05) is 12.1 Å². The number of likely N-dealkylation sites (N-methyl/N-ethyl adjacent to an activating group) is 1. The second-order valence-corrected chi connectivity index (χ2v) is 6.83. The topological polar surface area (TPSA) is 67.1 Å². The van der Waals surface area contributed by atoms with Crippen LogP contribution < -0.4 is 15.1 Å². The summed E-state index contributed by atoms with van der Waals surface area (Å²) in [5.74, 6) is 0.500. The average molecular weight is 353 g/mol. The highest BCUT2D eigenvalue weighted by atomic mass is 16.5. The normalized spacial score (nSPS) is 15.6. The summed E-state index contributed by atoms with van der Waals surface area (Å²) in [7, 11) is 3.69. The Morgan fingerprint density at radius 1 is 1.38 bits per heavy atom. The van der Waals surface area contributed by atoms with Crippen LogP contribution in [0.4, 0.5) is 5.69 Å². The van der Waals surface area contributed by atoms with E-state index >= 15 is 0 Å². The van der Waals surface area contributed by atoms with E-state index in [2.05, 4.69) is 49.3 Å². The van der Waals surface area contributed by atoms with E-state index in [0.29, 0.717) is 5.75 Å². The lowest BCUT2D eigenvalue weighted by atomic mass is 9.88. The molecule has 0 atom stereocenters. The average Bonchev–Trinajstić information content (AvgIpc) is 3.13. The van der Waals surface area contributed by atoms with Gasteiger partial charge in [-0.1, -0.05) is 6.08 Å². The second kappa shape index (κ2) is 6.71. The molecule has 0 unspecified atom stereocenters. The molecule has 3 rings (SSSR count). The number of amides is 1. The molecule has 26 heavy (non-hydrogen) atoms. The van der Waals surface area contributed by atoms with Gasteiger partial charge in [-0.2, -0.15) is 5.10 Å². The Kier molecular flexibility index (Phi) is 4.59. The van der Waals surface area contributed by atoms with Gasteiger partial charge in [-0.25, -0.2) is 5.43 Å². The number of hydrogen-bond acceptors (Lipinski definition) is 5. The Hall–Kier alpha value is -3.02. The number of fused-ring (bicyclic) bond motifs is 1. The first-order chi connectivity index (χ1) is 12.3. The van der Waals surface area contributed by atoms with Gasteiger partial charge >= 0.3 is 5.91 Å². The maximum absolute atomic E-state index is 11.9. The predicted molar refractivity (Wildman–Crippen MR) is 103 cm³/mol. The first-order valence-corrected chi connectivity index (χ1v) is 8.36. The Morgan fingerprint density at radius 3 is 2.81 bits per heavy atom. The van der Waals surface area contributed by atoms with E-state index in [1.54, 1.807) is 25.5 Å². The van der Waals surface area contributed by atoms with Crippen LogP contribution in [-0.4, -0.2) is 31.8 Å². The maximum Gasteiger partial charge on any atom is 0.307 e. The van der Waals surface area contributed by atoms with Crippen molar-refractivity contribution in [1.82, 2.24) is 5.43 Å². The molecule has 2 aromatic rings. The fraction of sp³-hybridized carbons (Fsp3) is 0.300. The number of rotatable bonds is 4. The molecule has 0 fully saturated rings. The molecule has 0 bridgehead atoms. The molecule has 136 valence electrons. The largest absolute Gasteiger partial charge is 0.496 e. The molecule has 1 aliphatic rings. The van der Waals surface area contributed by atoms with Crippen molar-refractivity contribution in [3.8, 4) is 5.75 Å². The number of allylic oxidation sites excluding steroid dienone is 1. The highest BCUT2D eigenvalue weighted by Gasteiger charge is 2.29. The van der Waals surface area contributed by atoms with Crippen LogP contribution in [0, 0.1) is 0 Å². The number of carbonyl (C=O) groups excluding carboxylic acids is 1. The molecule has 1 N–H and O–H groups in total. The summed E-state index contributed by atoms with van der Waals surface area (Å²) < 4.78 is 10.6. The molecule has 0 aliphatic carbocycles. The predicted octanol–water partition coefficient (Wildman–Crippen LogP) is 3.68. The van der Waals surface area contributed by atoms with Gasteiger partial charge < -0.3 is 14.1 Å². The number of anilines is 1. The minimum Gasteiger partial charge on any atom is -0.496 e. The fourth-order valence-electron chi connectivity index (χ4n) is 3.10. The maximum atomic E-state index is 11.9. The number of furan rings is 1. The van der Waals surface area contributed by atoms with Crippen LogP contribution in [0.3, 0.4) is 0 Å². The summed E-state index contributed by atoms with van der Waals surface area (Å²) in [6.07, 6.45) is 5.26. The van der Waals surface area contributed by atoms with E-state index in [-0.39, 0.29) is 11.3 Å². The number of methoxy groups -OCH3 is 1. The van der Waals surface area contributed by atoms with Gasteiger partial charge in [0, 0.05) is 29.9 Å². The lowest BCUT2D eigenvalue weighted by Gasteiger charge is -2.40. The van der Waals surface area contributed by atoms with Gasteiger partial charge in [0.25, 0.3) is 0 Å². The summed E-state index contributed by atoms with van der Waals surface area (Å²) in [5.41, 5.74) is 6.58. The van der Waals surface area contributed by atoms with E-state index < -0.39 is 5.91 Å². The van der Waals surface area contributed by atoms with Gasteiger partial charge in [0.05, 0.1) is 25.1 Å². The molecule has 6 nitrogen and oxygen atoms in total. The molecule has 0 spiro atoms. The highest BCUT2D eigenvalue weighted by Crippen LogP contribution is 2.40. The van der Waals surface area contributed by atoms with Crippen LogP contribution in [-0.2, 0) is 0 Å². The summed E-state index contributed by atoms with van der Waals surface area (Å²) in [6.45, 7) is 6.44. The number of carbonyl (C=O) groups is 1. The van der Waals surface area contributed by atoms with Crippen LogP contribution >= 0.6 is 0 Å². The molecule has 1 aliphatic heterocycles. The van der Waals surface area contributed by atoms with E-state index in [9.17, 15) is 4.79 Å². The summed E-state index contributed by atoms with van der Waals surface area (Å²) in [4.78, 5) is 14.1. The van der Waals surface area contributed by atoms with Crippen molar-refractivity contribution >= 4 is 23.4 Å². The van der Waals surface area contributed by atoms with Gasteiger partial charge in [-0.05, 0) is 44.5 Å². The van der Waals surface area contributed by atoms with Crippen molar-refractivity contribution < 1.29 is 13.9 Å². The first-order valence-electron chi connectivity index (χ1n) is 8.36. The number of ether oxygens (including phenoxy) is 1. The van der Waals surface area contributed by atoms with Crippen LogP contribution in [0.15, 0.2) is 46.1 Å². The number of hydrazone groups is 1. The summed E-state index contributed by atoms with van der Waals surface area (Å²) >= 11 is 0. The molecule has 6 heteroatoms. The molecule has 0 saturated heterocycles. The molecule has 2 heterocycles. The van der Waals surface area contributed by atoms with Gasteiger partial charge in [0.1, 0.15) is 5.75 Å². The second-order valence-electron chi connectivity index (χ2n) is 6.83. The number of benzene rings is 1. The zero-order valence-electron chi connectivity index (χ0n) is 15.7. The first kappa shape index (κ1) is 17.8. The fourth-order valence-corrected chi connectivity index (χ4v) is 3.10. The van der Waals surface area contributed by atoms with Gasteiger partial charge in [0.15, 0.2) is 5.76 Å². The van der Waals surface area contributed by atoms with Crippen molar-refractivity contribution in [1.29, 1.82) is 0 Å². The van der Waals surface area contributed by atoms with Crippen molar-refractivity contribution in [3.05, 3.63) is 53.5 Å². The minimum absolute atomic E-state index is 0.0747. The molecular weight excluding hydrogens is 330 g/mol. The van der Waals surface area contributed by atoms with Gasteiger partial charge in [-0.15, -0.1) is 0 Å². The third kappa shape index (κ3) is 3.22. The van der Waals surface area contributed by atoms with Crippen LogP contribution in [0.5, 0.6) is 5.75 Å². The lowest BCUT2D eigenvalue weighted by Crippen LogP contribution is -2.42. The molecule has 1 aromatic heterocycles. The van der Waals surface area contributed by atoms with Crippen molar-refractivity contribution in [2.45, 2.75) is 26.3 Å². The summed E-state index contributed by atoms with van der Waals surface area (Å²) in [5, 5.41) is 4.03. The zero-order chi connectivity index (χ0) is 18.9. The zero-order valence-corrected chi connectivity index (χ0v) is 15.7. The van der Waals surface area contributed by atoms with Crippen molar-refractivity contribution in [2.75, 3.05) is 19.1 Å². The number of nitrogens with zero attached hydrogens (tertiary/aromatic N) is 2. The van der Waals surface area contributed by atoms with E-state index in [1.165, 1.54) is 11.8 Å². The summed E-state index contributed by atoms with van der Waals surface area (Å²) in [6, 6.07) is 7.26. The van der Waals surface area contributed by atoms with Crippen LogP contribution in [0.1, 0.15) is 42.5 Å². The highest BCUT2D eigenvalue weighted by molar-refractivity contribution is 5.94. The smallest absolute Gasteiger partial charge is 0.307 e. The Balaban J connectivity index is 1.90. The van der Waals surface area contributed by atoms with Crippen LogP contribution in [0.25, 0.3) is 5.57 Å². The molecule has 0 radical (unpaired) electrons. The standard InChI is InChI=1S/C20H23N3O3/c1-13-11-20(2,3)23(4)16-10-18(25-5)14(9-15(13)16)12-21-22-19(24)17-7-6-8-26-17/h6-12H,1-5H3,(H,22,24)/b21-12+. The lowest BCUT2D eigenvalue weighted by molar-refractivity contribution is 0.0927. The Bertz CT molecular complexity index is 880. The quantitative estimate of drug-likeness (QED) is 0.672. The molecule has 1 amide bonds. The SMILES string of the molecule is COc1cc2c(cc1/C=N/NC(=O)c1ccco1)C(C)=CC(C)(C)N2C. The minimum atomic E-state index is -0.402. The number of hydrogen-bond donors (Lipinski definition) is 1. The van der Waals surface area contributed by atoms with E-state index in [0.717, 1.165) is 16.8 Å². The number of nitrogens with one attached hydrogen (secondary N) is 1. The monoisotopic (exact) mass is 353 g/mol. The molecular formula is C20H23N3O3. The Morgan fingerprint density at radius 2 is 2.15 bits per heavy atom. The van der Waals surface area contributed by atoms with E-state index in [4.69, 9.17) is 9.15 Å². The van der Waals surface area contributed by atoms with Gasteiger partial charge in [-0.3, -0.25) is 4.79 Å².